The van der Waals surface area contributed by atoms with Gasteiger partial charge in [0.25, 0.3) is 5.56 Å². The first-order valence-electron chi connectivity index (χ1n) is 9.18. The van der Waals surface area contributed by atoms with Gasteiger partial charge in [-0.3, -0.25) is 14.2 Å². The summed E-state index contributed by atoms with van der Waals surface area (Å²) in [6.45, 7) is 4.56. The van der Waals surface area contributed by atoms with Crippen LogP contribution in [0.2, 0.25) is 5.02 Å². The molecular formula is C21H22ClN3O2S. The molecule has 2 aromatic carbocycles. The van der Waals surface area contributed by atoms with Crippen LogP contribution in [0, 0.1) is 6.92 Å². The molecule has 0 saturated heterocycles. The van der Waals surface area contributed by atoms with Gasteiger partial charge in [-0.1, -0.05) is 48.8 Å². The van der Waals surface area contributed by atoms with Crippen LogP contribution in [0.1, 0.15) is 25.3 Å². The number of rotatable bonds is 7. The van der Waals surface area contributed by atoms with Crippen LogP contribution in [0.4, 0.5) is 5.69 Å². The molecule has 1 N–H and O–H groups in total. The molecule has 0 atom stereocenters. The van der Waals surface area contributed by atoms with Gasteiger partial charge < -0.3 is 5.32 Å². The molecule has 3 aromatic rings. The van der Waals surface area contributed by atoms with Crippen LogP contribution in [0.3, 0.4) is 0 Å². The molecule has 1 heterocycles. The van der Waals surface area contributed by atoms with Gasteiger partial charge in [0.05, 0.1) is 16.7 Å². The van der Waals surface area contributed by atoms with E-state index in [4.69, 9.17) is 11.6 Å². The number of amides is 1. The lowest BCUT2D eigenvalue weighted by atomic mass is 10.2. The average molecular weight is 416 g/mol. The minimum atomic E-state index is -0.153. The van der Waals surface area contributed by atoms with E-state index < -0.39 is 0 Å². The maximum absolute atomic E-state index is 12.9. The van der Waals surface area contributed by atoms with Gasteiger partial charge in [0.2, 0.25) is 5.91 Å². The summed E-state index contributed by atoms with van der Waals surface area (Å²) >= 11 is 7.24. The van der Waals surface area contributed by atoms with Crippen molar-refractivity contribution in [2.75, 3.05) is 11.1 Å². The van der Waals surface area contributed by atoms with Gasteiger partial charge in [0.15, 0.2) is 5.16 Å². The lowest BCUT2D eigenvalue weighted by Gasteiger charge is -2.13. The number of aromatic nitrogens is 2. The quantitative estimate of drug-likeness (QED) is 0.440. The molecule has 146 valence electrons. The number of fused-ring (bicyclic) bond motifs is 1. The van der Waals surface area contributed by atoms with Crippen molar-refractivity contribution >= 4 is 45.9 Å². The Morgan fingerprint density at radius 1 is 1.25 bits per heavy atom. The summed E-state index contributed by atoms with van der Waals surface area (Å²) in [4.78, 5) is 29.9. The second-order valence-electron chi connectivity index (χ2n) is 6.52. The maximum Gasteiger partial charge on any atom is 0.262 e. The molecule has 7 heteroatoms. The van der Waals surface area contributed by atoms with Crippen LogP contribution in [0.15, 0.2) is 52.4 Å². The molecule has 0 aliphatic heterocycles. The fourth-order valence-electron chi connectivity index (χ4n) is 2.85. The molecule has 28 heavy (non-hydrogen) atoms. The lowest BCUT2D eigenvalue weighted by molar-refractivity contribution is -0.113. The van der Waals surface area contributed by atoms with Crippen LogP contribution in [-0.2, 0) is 11.3 Å². The Balaban J connectivity index is 1.80. The summed E-state index contributed by atoms with van der Waals surface area (Å²) in [5.74, 6) is 0.0127. The average Bonchev–Trinajstić information content (AvgIpc) is 2.68. The van der Waals surface area contributed by atoms with Crippen LogP contribution in [0.25, 0.3) is 10.9 Å². The molecule has 0 saturated carbocycles. The van der Waals surface area contributed by atoms with E-state index in [0.717, 1.165) is 24.1 Å². The van der Waals surface area contributed by atoms with Crippen molar-refractivity contribution in [3.8, 4) is 0 Å². The Kier molecular flexibility index (Phi) is 6.75. The Hall–Kier alpha value is -2.31. The van der Waals surface area contributed by atoms with E-state index in [0.29, 0.717) is 27.6 Å². The van der Waals surface area contributed by atoms with Gasteiger partial charge in [-0.05, 0) is 49.2 Å². The Morgan fingerprint density at radius 2 is 2.04 bits per heavy atom. The summed E-state index contributed by atoms with van der Waals surface area (Å²) in [7, 11) is 0. The third-order valence-electron chi connectivity index (χ3n) is 4.36. The Labute approximate surface area is 173 Å². The highest BCUT2D eigenvalue weighted by molar-refractivity contribution is 7.99. The van der Waals surface area contributed by atoms with E-state index in [-0.39, 0.29) is 17.2 Å². The molecule has 0 fully saturated rings. The molecule has 0 radical (unpaired) electrons. The second kappa shape index (κ2) is 9.26. The molecule has 0 aliphatic rings. The van der Waals surface area contributed by atoms with Crippen molar-refractivity contribution in [2.24, 2.45) is 0 Å². The first-order chi connectivity index (χ1) is 13.5. The number of benzene rings is 2. The highest BCUT2D eigenvalue weighted by Gasteiger charge is 2.13. The van der Waals surface area contributed by atoms with Crippen LogP contribution in [0.5, 0.6) is 0 Å². The fraction of sp³-hybridized carbons (Fsp3) is 0.286. The molecule has 0 bridgehead atoms. The molecule has 0 unspecified atom stereocenters. The summed E-state index contributed by atoms with van der Waals surface area (Å²) in [5.41, 5.74) is 2.21. The van der Waals surface area contributed by atoms with Crippen molar-refractivity contribution in [3.63, 3.8) is 0 Å². The van der Waals surface area contributed by atoms with Crippen LogP contribution >= 0.6 is 23.4 Å². The van der Waals surface area contributed by atoms with Crippen molar-refractivity contribution in [2.45, 2.75) is 38.4 Å². The number of nitrogens with zero attached hydrogens (tertiary/aromatic N) is 2. The summed E-state index contributed by atoms with van der Waals surface area (Å²) < 4.78 is 1.68. The molecule has 0 aliphatic carbocycles. The van der Waals surface area contributed by atoms with Gasteiger partial charge in [0, 0.05) is 17.3 Å². The zero-order valence-electron chi connectivity index (χ0n) is 15.9. The molecule has 1 amide bonds. The lowest BCUT2D eigenvalue weighted by Crippen LogP contribution is -2.24. The number of hydrogen-bond donors (Lipinski definition) is 1. The van der Waals surface area contributed by atoms with E-state index in [1.165, 1.54) is 11.8 Å². The number of carbonyl (C=O) groups is 1. The van der Waals surface area contributed by atoms with Gasteiger partial charge >= 0.3 is 0 Å². The number of anilines is 1. The Morgan fingerprint density at radius 3 is 2.79 bits per heavy atom. The Bertz CT molecular complexity index is 1070. The van der Waals surface area contributed by atoms with Crippen LogP contribution in [-0.4, -0.2) is 21.2 Å². The first-order valence-corrected chi connectivity index (χ1v) is 10.5. The molecular weight excluding hydrogens is 394 g/mol. The minimum absolute atomic E-state index is 0.0597. The number of hydrogen-bond acceptors (Lipinski definition) is 4. The van der Waals surface area contributed by atoms with Gasteiger partial charge in [-0.2, -0.15) is 0 Å². The minimum Gasteiger partial charge on any atom is -0.325 e. The highest BCUT2D eigenvalue weighted by atomic mass is 35.5. The number of thioether (sulfide) groups is 1. The van der Waals surface area contributed by atoms with E-state index in [1.54, 1.807) is 28.8 Å². The van der Waals surface area contributed by atoms with E-state index in [1.807, 2.05) is 25.1 Å². The van der Waals surface area contributed by atoms with E-state index in [9.17, 15) is 9.59 Å². The first kappa shape index (κ1) is 20.4. The molecule has 3 rings (SSSR count). The van der Waals surface area contributed by atoms with Crippen LogP contribution < -0.4 is 10.9 Å². The SMILES string of the molecule is CCCCn1c(SCC(=O)Nc2ccc(Cl)cc2C)nc2ccccc2c1=O. The third kappa shape index (κ3) is 4.75. The summed E-state index contributed by atoms with van der Waals surface area (Å²) in [5, 5.41) is 4.69. The molecule has 0 spiro atoms. The number of carbonyl (C=O) groups excluding carboxylic acids is 1. The number of unbranched alkanes of at least 4 members (excludes halogenated alkanes) is 1. The predicted octanol–water partition coefficient (Wildman–Crippen LogP) is 4.89. The van der Waals surface area contributed by atoms with Crippen molar-refractivity contribution in [3.05, 3.63) is 63.4 Å². The number of para-hydroxylation sites is 1. The molecule has 5 nitrogen and oxygen atoms in total. The standard InChI is InChI=1S/C21H22ClN3O2S/c1-3-4-11-25-20(27)16-7-5-6-8-18(16)24-21(25)28-13-19(26)23-17-10-9-15(22)12-14(17)2/h5-10,12H,3-4,11,13H2,1-2H3,(H,23,26). The fourth-order valence-corrected chi connectivity index (χ4v) is 3.91. The predicted molar refractivity (Wildman–Crippen MR) is 116 cm³/mol. The van der Waals surface area contributed by atoms with E-state index >= 15 is 0 Å². The molecule has 1 aromatic heterocycles. The largest absolute Gasteiger partial charge is 0.325 e. The normalized spacial score (nSPS) is 11.0. The van der Waals surface area contributed by atoms with Crippen molar-refractivity contribution < 1.29 is 4.79 Å². The van der Waals surface area contributed by atoms with Crippen molar-refractivity contribution in [1.82, 2.24) is 9.55 Å². The third-order valence-corrected chi connectivity index (χ3v) is 5.57. The zero-order valence-corrected chi connectivity index (χ0v) is 17.4. The zero-order chi connectivity index (χ0) is 20.1. The van der Waals surface area contributed by atoms with Gasteiger partial charge in [0.1, 0.15) is 0 Å². The second-order valence-corrected chi connectivity index (χ2v) is 7.90. The smallest absolute Gasteiger partial charge is 0.262 e. The topological polar surface area (TPSA) is 64.0 Å². The number of aryl methyl sites for hydroxylation is 1. The number of halogens is 1. The van der Waals surface area contributed by atoms with E-state index in [2.05, 4.69) is 17.2 Å². The highest BCUT2D eigenvalue weighted by Crippen LogP contribution is 2.22. The van der Waals surface area contributed by atoms with Crippen molar-refractivity contribution in [1.29, 1.82) is 0 Å². The monoisotopic (exact) mass is 415 g/mol. The summed E-state index contributed by atoms with van der Waals surface area (Å²) in [6.07, 6.45) is 1.85. The number of nitrogens with one attached hydrogen (secondary N) is 1. The van der Waals surface area contributed by atoms with Gasteiger partial charge in [-0.25, -0.2) is 4.98 Å². The maximum atomic E-state index is 12.9. The summed E-state index contributed by atoms with van der Waals surface area (Å²) in [6, 6.07) is 12.6. The van der Waals surface area contributed by atoms with Gasteiger partial charge in [-0.15, -0.1) is 0 Å².